The van der Waals surface area contributed by atoms with Gasteiger partial charge in [-0.2, -0.15) is 0 Å². The molecule has 1 atom stereocenters. The van der Waals surface area contributed by atoms with Gasteiger partial charge < -0.3 is 4.74 Å². The molecule has 3 nitrogen and oxygen atoms in total. The van der Waals surface area contributed by atoms with Crippen LogP contribution in [0.4, 0.5) is 0 Å². The normalized spacial score (nSPS) is 32.0. The van der Waals surface area contributed by atoms with Crippen LogP contribution in [0.1, 0.15) is 64.2 Å². The second kappa shape index (κ2) is 5.42. The molecule has 3 fully saturated rings. The molecule has 2 saturated carbocycles. The zero-order chi connectivity index (χ0) is 14.2. The summed E-state index contributed by atoms with van der Waals surface area (Å²) in [5.74, 6) is 0.765. The Hall–Kier alpha value is -0.410. The maximum absolute atomic E-state index is 13.2. The van der Waals surface area contributed by atoms with Crippen molar-refractivity contribution in [3.63, 3.8) is 0 Å². The molecule has 114 valence electrons. The van der Waals surface area contributed by atoms with E-state index in [-0.39, 0.29) is 17.1 Å². The van der Waals surface area contributed by atoms with E-state index >= 15 is 0 Å². The number of likely N-dealkylation sites (N-methyl/N-ethyl adjacent to an activating group) is 1. The number of ketones is 1. The van der Waals surface area contributed by atoms with E-state index in [9.17, 15) is 4.79 Å². The molecule has 0 aromatic heterocycles. The number of hydrogen-bond donors (Lipinski definition) is 0. The van der Waals surface area contributed by atoms with Crippen LogP contribution >= 0.6 is 0 Å². The number of Topliss-reactive ketones (excluding diaryl/α,β-unsaturated/α-hetero) is 1. The van der Waals surface area contributed by atoms with Gasteiger partial charge in [0.15, 0.2) is 5.78 Å². The van der Waals surface area contributed by atoms with Crippen LogP contribution in [0, 0.1) is 5.92 Å². The van der Waals surface area contributed by atoms with E-state index in [1.54, 1.807) is 0 Å². The highest BCUT2D eigenvalue weighted by molar-refractivity contribution is 5.90. The van der Waals surface area contributed by atoms with Crippen molar-refractivity contribution in [2.24, 2.45) is 5.92 Å². The summed E-state index contributed by atoms with van der Waals surface area (Å²) in [6.45, 7) is 0.792. The second-order valence-electron chi connectivity index (χ2n) is 7.43. The predicted molar refractivity (Wildman–Crippen MR) is 79.8 cm³/mol. The fourth-order valence-electron chi connectivity index (χ4n) is 4.60. The van der Waals surface area contributed by atoms with Crippen molar-refractivity contribution in [3.8, 4) is 0 Å². The highest BCUT2D eigenvalue weighted by Crippen LogP contribution is 2.46. The third-order valence-corrected chi connectivity index (χ3v) is 6.12. The molecule has 3 heteroatoms. The average molecular weight is 279 g/mol. The molecule has 1 aliphatic heterocycles. The summed E-state index contributed by atoms with van der Waals surface area (Å²) in [4.78, 5) is 15.5. The number of rotatable bonds is 3. The average Bonchev–Trinajstić information content (AvgIpc) is 2.45. The second-order valence-corrected chi connectivity index (χ2v) is 7.43. The summed E-state index contributed by atoms with van der Waals surface area (Å²) < 4.78 is 6.00. The van der Waals surface area contributed by atoms with E-state index in [2.05, 4.69) is 19.0 Å². The molecule has 0 radical (unpaired) electrons. The summed E-state index contributed by atoms with van der Waals surface area (Å²) in [7, 11) is 4.20. The van der Waals surface area contributed by atoms with Gasteiger partial charge in [0, 0.05) is 12.5 Å². The Bertz CT molecular complexity index is 367. The molecule has 0 aromatic rings. The molecular formula is C17H29NO2. The first kappa shape index (κ1) is 14.5. The van der Waals surface area contributed by atoms with E-state index in [0.29, 0.717) is 5.78 Å². The van der Waals surface area contributed by atoms with Gasteiger partial charge in [0.25, 0.3) is 0 Å². The van der Waals surface area contributed by atoms with E-state index in [1.807, 2.05) is 0 Å². The van der Waals surface area contributed by atoms with Gasteiger partial charge in [0.2, 0.25) is 0 Å². The number of carbonyl (C=O) groups is 1. The Morgan fingerprint density at radius 1 is 1.05 bits per heavy atom. The fourth-order valence-corrected chi connectivity index (χ4v) is 4.60. The Kier molecular flexibility index (Phi) is 3.93. The molecular weight excluding hydrogens is 250 g/mol. The lowest BCUT2D eigenvalue weighted by atomic mass is 9.66. The van der Waals surface area contributed by atoms with Crippen LogP contribution < -0.4 is 0 Å². The molecule has 0 amide bonds. The largest absolute Gasteiger partial charge is 0.375 e. The molecule has 0 aromatic carbocycles. The molecule has 0 bridgehead atoms. The minimum absolute atomic E-state index is 0.0841. The van der Waals surface area contributed by atoms with Gasteiger partial charge in [-0.05, 0) is 59.0 Å². The molecule has 1 unspecified atom stereocenters. The molecule has 1 heterocycles. The minimum atomic E-state index is -0.175. The highest BCUT2D eigenvalue weighted by Gasteiger charge is 2.50. The van der Waals surface area contributed by atoms with Crippen LogP contribution in [0.2, 0.25) is 0 Å². The Labute approximate surface area is 123 Å². The van der Waals surface area contributed by atoms with E-state index in [1.165, 1.54) is 38.5 Å². The third-order valence-electron chi connectivity index (χ3n) is 6.12. The van der Waals surface area contributed by atoms with E-state index in [0.717, 1.165) is 32.3 Å². The monoisotopic (exact) mass is 279 g/mol. The van der Waals surface area contributed by atoms with Crippen LogP contribution in [0.25, 0.3) is 0 Å². The van der Waals surface area contributed by atoms with Crippen LogP contribution in [-0.2, 0) is 9.53 Å². The van der Waals surface area contributed by atoms with Gasteiger partial charge in [-0.15, -0.1) is 0 Å². The summed E-state index contributed by atoms with van der Waals surface area (Å²) in [5, 5.41) is 0. The maximum Gasteiger partial charge on any atom is 0.156 e. The molecule has 1 spiro atoms. The van der Waals surface area contributed by atoms with Crippen molar-refractivity contribution in [2.75, 3.05) is 20.7 Å². The number of carbonyl (C=O) groups excluding carboxylic acids is 1. The van der Waals surface area contributed by atoms with Crippen molar-refractivity contribution < 1.29 is 9.53 Å². The zero-order valence-electron chi connectivity index (χ0n) is 13.1. The lowest BCUT2D eigenvalue weighted by molar-refractivity contribution is -0.163. The lowest BCUT2D eigenvalue weighted by Gasteiger charge is -2.50. The Balaban J connectivity index is 1.75. The number of nitrogens with zero attached hydrogens (tertiary/aromatic N) is 1. The van der Waals surface area contributed by atoms with Crippen molar-refractivity contribution in [3.05, 3.63) is 0 Å². The smallest absolute Gasteiger partial charge is 0.156 e. The maximum atomic E-state index is 13.2. The van der Waals surface area contributed by atoms with Crippen molar-refractivity contribution in [1.29, 1.82) is 0 Å². The van der Waals surface area contributed by atoms with Crippen molar-refractivity contribution >= 4 is 5.78 Å². The Morgan fingerprint density at radius 2 is 1.75 bits per heavy atom. The first-order valence-corrected chi connectivity index (χ1v) is 8.44. The van der Waals surface area contributed by atoms with Gasteiger partial charge >= 0.3 is 0 Å². The molecule has 2 aliphatic carbocycles. The van der Waals surface area contributed by atoms with Gasteiger partial charge in [-0.3, -0.25) is 9.69 Å². The number of ether oxygens (including phenoxy) is 1. The molecule has 0 N–H and O–H groups in total. The first-order valence-electron chi connectivity index (χ1n) is 8.44. The predicted octanol–water partition coefficient (Wildman–Crippen LogP) is 3.17. The summed E-state index contributed by atoms with van der Waals surface area (Å²) in [6.07, 6.45) is 11.4. The van der Waals surface area contributed by atoms with Crippen molar-refractivity contribution in [2.45, 2.75) is 75.3 Å². The van der Waals surface area contributed by atoms with Gasteiger partial charge in [-0.1, -0.05) is 19.3 Å². The van der Waals surface area contributed by atoms with Gasteiger partial charge in [0.05, 0.1) is 11.1 Å². The van der Waals surface area contributed by atoms with Gasteiger partial charge in [0.1, 0.15) is 0 Å². The zero-order valence-corrected chi connectivity index (χ0v) is 13.1. The summed E-state index contributed by atoms with van der Waals surface area (Å²) in [6, 6.07) is 0. The van der Waals surface area contributed by atoms with Gasteiger partial charge in [-0.25, -0.2) is 0 Å². The minimum Gasteiger partial charge on any atom is -0.375 e. The topological polar surface area (TPSA) is 29.5 Å². The standard InChI is InChI=1S/C17H29NO2/c1-18(2)17(10-4-3-5-11-17)15(19)14-7-12-20-16(13-14)8-6-9-16/h14H,3-13H2,1-2H3. The van der Waals surface area contributed by atoms with E-state index < -0.39 is 0 Å². The van der Waals surface area contributed by atoms with Crippen LogP contribution in [0.5, 0.6) is 0 Å². The SMILES string of the molecule is CN(C)C1(C(=O)C2CCOC3(CCC3)C2)CCCCC1. The lowest BCUT2D eigenvalue weighted by Crippen LogP contribution is -2.57. The quantitative estimate of drug-likeness (QED) is 0.794. The fraction of sp³-hybridized carbons (Fsp3) is 0.941. The highest BCUT2D eigenvalue weighted by atomic mass is 16.5. The number of hydrogen-bond acceptors (Lipinski definition) is 3. The van der Waals surface area contributed by atoms with Crippen LogP contribution in [0.3, 0.4) is 0 Å². The summed E-state index contributed by atoms with van der Waals surface area (Å²) >= 11 is 0. The molecule has 1 saturated heterocycles. The van der Waals surface area contributed by atoms with Crippen LogP contribution in [-0.4, -0.2) is 42.5 Å². The molecule has 3 aliphatic rings. The Morgan fingerprint density at radius 3 is 2.30 bits per heavy atom. The van der Waals surface area contributed by atoms with Crippen LogP contribution in [0.15, 0.2) is 0 Å². The van der Waals surface area contributed by atoms with E-state index in [4.69, 9.17) is 4.74 Å². The third kappa shape index (κ3) is 2.33. The first-order chi connectivity index (χ1) is 9.58. The summed E-state index contributed by atoms with van der Waals surface area (Å²) in [5.41, 5.74) is -0.0913. The molecule has 20 heavy (non-hydrogen) atoms. The van der Waals surface area contributed by atoms with Crippen molar-refractivity contribution in [1.82, 2.24) is 4.90 Å². The molecule has 3 rings (SSSR count).